The van der Waals surface area contributed by atoms with Gasteiger partial charge in [-0.05, 0) is 32.0 Å². The smallest absolute Gasteiger partial charge is 0.251 e. The SMILES string of the molecule is C=IC1(F)CC(N2CC(C)(C)C(=O)N(C)c3cnc(Nc4ccc(C(=O)NC)cc4OC)nc32)C1. The van der Waals surface area contributed by atoms with Crippen molar-refractivity contribution >= 4 is 60.2 Å². The molecule has 2 N–H and O–H groups in total. The quantitative estimate of drug-likeness (QED) is 0.388. The van der Waals surface area contributed by atoms with Crippen molar-refractivity contribution in [3.05, 3.63) is 30.0 Å². The Kier molecular flexibility index (Phi) is 6.73. The second-order valence-corrected chi connectivity index (χ2v) is 12.1. The standard InChI is InChI=1S/C24H30FIN6O3/c1-23(2)13-32(15-10-24(25,11-15)26-3)19-17(31(5)21(23)34)12-28-22(30-19)29-16-8-7-14(20(33)27-4)9-18(16)35-6/h7-9,12,15H,3,10-11,13H2,1-2,4-6H3,(H,27,33)(H,28,29,30). The summed E-state index contributed by atoms with van der Waals surface area (Å²) in [4.78, 5) is 38.0. The number of methoxy groups -OCH3 is 1. The molecule has 35 heavy (non-hydrogen) atoms. The highest BCUT2D eigenvalue weighted by molar-refractivity contribution is 14.2. The lowest BCUT2D eigenvalue weighted by atomic mass is 9.85. The fourth-order valence-electron chi connectivity index (χ4n) is 4.47. The van der Waals surface area contributed by atoms with E-state index in [4.69, 9.17) is 9.72 Å². The monoisotopic (exact) mass is 596 g/mol. The molecule has 11 heteroatoms. The molecule has 188 valence electrons. The fraction of sp³-hybridized carbons (Fsp3) is 0.458. The van der Waals surface area contributed by atoms with Crippen molar-refractivity contribution in [2.45, 2.75) is 36.4 Å². The van der Waals surface area contributed by atoms with Crippen LogP contribution in [0.3, 0.4) is 0 Å². The molecular formula is C24H30FIN6O3. The summed E-state index contributed by atoms with van der Waals surface area (Å²) in [6, 6.07) is 4.95. The summed E-state index contributed by atoms with van der Waals surface area (Å²) < 4.78 is 23.0. The van der Waals surface area contributed by atoms with Gasteiger partial charge in [-0.3, -0.25) is 9.59 Å². The molecule has 0 radical (unpaired) electrons. The Hall–Kier alpha value is -2.83. The molecule has 0 spiro atoms. The first kappa shape index (κ1) is 25.3. The van der Waals surface area contributed by atoms with Crippen LogP contribution in [0.2, 0.25) is 0 Å². The van der Waals surface area contributed by atoms with Crippen molar-refractivity contribution < 1.29 is 18.7 Å². The van der Waals surface area contributed by atoms with Crippen molar-refractivity contribution in [2.24, 2.45) is 5.41 Å². The molecule has 2 aliphatic rings. The molecule has 0 unspecified atom stereocenters. The molecule has 1 aliphatic heterocycles. The molecule has 1 aromatic carbocycles. The van der Waals surface area contributed by atoms with E-state index in [0.29, 0.717) is 53.8 Å². The number of carbonyl (C=O) groups excluding carboxylic acids is 2. The summed E-state index contributed by atoms with van der Waals surface area (Å²) in [7, 11) is 4.79. The molecule has 1 aliphatic carbocycles. The fourth-order valence-corrected chi connectivity index (χ4v) is 6.11. The zero-order chi connectivity index (χ0) is 25.5. The summed E-state index contributed by atoms with van der Waals surface area (Å²) in [5, 5.41) is 5.75. The van der Waals surface area contributed by atoms with Gasteiger partial charge >= 0.3 is 0 Å². The van der Waals surface area contributed by atoms with E-state index < -0.39 is 29.8 Å². The molecule has 9 nitrogen and oxygen atoms in total. The van der Waals surface area contributed by atoms with Gasteiger partial charge in [-0.15, -0.1) is 0 Å². The van der Waals surface area contributed by atoms with Crippen molar-refractivity contribution in [1.82, 2.24) is 15.3 Å². The molecule has 0 saturated heterocycles. The number of amides is 2. The van der Waals surface area contributed by atoms with Gasteiger partial charge in [0.15, 0.2) is 9.49 Å². The van der Waals surface area contributed by atoms with Gasteiger partial charge < -0.3 is 25.2 Å². The van der Waals surface area contributed by atoms with E-state index in [2.05, 4.69) is 20.1 Å². The predicted octanol–water partition coefficient (Wildman–Crippen LogP) is 3.63. The Labute approximate surface area is 214 Å². The maximum absolute atomic E-state index is 14.8. The third-order valence-electron chi connectivity index (χ3n) is 6.52. The van der Waals surface area contributed by atoms with Gasteiger partial charge in [-0.25, -0.2) is 9.37 Å². The van der Waals surface area contributed by atoms with E-state index in [0.717, 1.165) is 0 Å². The van der Waals surface area contributed by atoms with Gasteiger partial charge in [0.25, 0.3) is 5.91 Å². The Morgan fingerprint density at radius 3 is 2.69 bits per heavy atom. The highest BCUT2D eigenvalue weighted by Crippen LogP contribution is 2.50. The number of hydrogen-bond acceptors (Lipinski definition) is 7. The summed E-state index contributed by atoms with van der Waals surface area (Å²) in [5.74, 6) is 1.06. The van der Waals surface area contributed by atoms with Crippen molar-refractivity contribution in [3.63, 3.8) is 0 Å². The van der Waals surface area contributed by atoms with Crippen molar-refractivity contribution in [2.75, 3.05) is 42.9 Å². The minimum Gasteiger partial charge on any atom is -0.495 e. The van der Waals surface area contributed by atoms with Crippen LogP contribution in [-0.2, 0) is 4.79 Å². The Balaban J connectivity index is 1.71. The molecular weight excluding hydrogens is 566 g/mol. The normalized spacial score (nSPS) is 23.1. The van der Waals surface area contributed by atoms with Crippen LogP contribution in [-0.4, -0.2) is 63.8 Å². The molecule has 4 rings (SSSR count). The van der Waals surface area contributed by atoms with Crippen LogP contribution in [0.15, 0.2) is 24.4 Å². The number of alkyl halides is 2. The summed E-state index contributed by atoms with van der Waals surface area (Å²) in [6.07, 6.45) is 2.38. The van der Waals surface area contributed by atoms with Gasteiger partial charge in [-0.2, -0.15) is 4.98 Å². The lowest BCUT2D eigenvalue weighted by molar-refractivity contribution is -0.125. The maximum atomic E-state index is 14.8. The number of carbonyl (C=O) groups is 2. The van der Waals surface area contributed by atoms with Crippen LogP contribution < -0.4 is 25.2 Å². The zero-order valence-corrected chi connectivity index (χ0v) is 22.6. The van der Waals surface area contributed by atoms with Gasteiger partial charge in [0.05, 0.1) is 24.4 Å². The van der Waals surface area contributed by atoms with Crippen molar-refractivity contribution in [1.29, 1.82) is 0 Å². The van der Waals surface area contributed by atoms with E-state index in [1.807, 2.05) is 18.7 Å². The van der Waals surface area contributed by atoms with E-state index >= 15 is 0 Å². The van der Waals surface area contributed by atoms with Crippen molar-refractivity contribution in [3.8, 4) is 5.75 Å². The first-order valence-electron chi connectivity index (χ1n) is 11.2. The number of aromatic nitrogens is 2. The van der Waals surface area contributed by atoms with Gasteiger partial charge in [-0.1, -0.05) is 25.2 Å². The number of nitrogens with one attached hydrogen (secondary N) is 2. The summed E-state index contributed by atoms with van der Waals surface area (Å²) in [5.41, 5.74) is 0.932. The average molecular weight is 596 g/mol. The number of benzene rings is 1. The van der Waals surface area contributed by atoms with Crippen LogP contribution in [0.4, 0.5) is 27.5 Å². The minimum absolute atomic E-state index is 0.0487. The molecule has 2 aromatic rings. The number of rotatable bonds is 6. The van der Waals surface area contributed by atoms with Gasteiger partial charge in [0.2, 0.25) is 11.9 Å². The lowest BCUT2D eigenvalue weighted by Crippen LogP contribution is -2.54. The molecule has 0 bridgehead atoms. The summed E-state index contributed by atoms with van der Waals surface area (Å²) >= 11 is -0.783. The largest absolute Gasteiger partial charge is 0.495 e. The second kappa shape index (κ2) is 9.32. The molecule has 1 fully saturated rings. The highest BCUT2D eigenvalue weighted by Gasteiger charge is 2.50. The third-order valence-corrected chi connectivity index (χ3v) is 8.77. The lowest BCUT2D eigenvalue weighted by Gasteiger charge is -2.46. The minimum atomic E-state index is -1.18. The molecule has 2 amide bonds. The van der Waals surface area contributed by atoms with Crippen LogP contribution in [0.1, 0.15) is 37.0 Å². The number of hydrogen-bond donors (Lipinski definition) is 2. The first-order chi connectivity index (χ1) is 16.5. The zero-order valence-electron chi connectivity index (χ0n) is 20.5. The van der Waals surface area contributed by atoms with E-state index in [9.17, 15) is 14.0 Å². The Morgan fingerprint density at radius 2 is 2.06 bits per heavy atom. The first-order valence-corrected chi connectivity index (χ1v) is 13.8. The van der Waals surface area contributed by atoms with Crippen LogP contribution >= 0.6 is 20.7 Å². The highest BCUT2D eigenvalue weighted by atomic mass is 127. The molecule has 1 saturated carbocycles. The van der Waals surface area contributed by atoms with E-state index in [1.165, 1.54) is 7.11 Å². The molecule has 2 heterocycles. The Bertz CT molecular complexity index is 1180. The number of halogens is 2. The molecule has 0 atom stereocenters. The number of anilines is 4. The number of nitrogens with zero attached hydrogens (tertiary/aromatic N) is 4. The van der Waals surface area contributed by atoms with Crippen LogP contribution in [0, 0.1) is 5.41 Å². The third kappa shape index (κ3) is 4.69. The predicted molar refractivity (Wildman–Crippen MR) is 144 cm³/mol. The summed E-state index contributed by atoms with van der Waals surface area (Å²) in [6.45, 7) is 4.21. The van der Waals surface area contributed by atoms with E-state index in [-0.39, 0.29) is 17.9 Å². The average Bonchev–Trinajstić information content (AvgIpc) is 2.90. The molecule has 1 aromatic heterocycles. The van der Waals surface area contributed by atoms with Gasteiger partial charge in [0, 0.05) is 45.1 Å². The number of fused-ring (bicyclic) bond motifs is 1. The van der Waals surface area contributed by atoms with Crippen LogP contribution in [0.5, 0.6) is 5.75 Å². The maximum Gasteiger partial charge on any atom is 0.251 e. The second-order valence-electron chi connectivity index (χ2n) is 9.45. The topological polar surface area (TPSA) is 99.7 Å². The number of ether oxygens (including phenoxy) is 1. The Morgan fingerprint density at radius 1 is 1.34 bits per heavy atom. The van der Waals surface area contributed by atoms with Gasteiger partial charge in [0.1, 0.15) is 11.4 Å². The van der Waals surface area contributed by atoms with E-state index in [1.54, 1.807) is 43.4 Å². The van der Waals surface area contributed by atoms with Crippen LogP contribution in [0.25, 0.3) is 0 Å².